The van der Waals surface area contributed by atoms with Gasteiger partial charge in [0.05, 0.1) is 50.9 Å². The van der Waals surface area contributed by atoms with Gasteiger partial charge >= 0.3 is 0 Å². The molecule has 0 bridgehead atoms. The van der Waals surface area contributed by atoms with Crippen molar-refractivity contribution in [3.8, 4) is 23.0 Å². The van der Waals surface area contributed by atoms with E-state index < -0.39 is 0 Å². The van der Waals surface area contributed by atoms with Crippen molar-refractivity contribution in [1.82, 2.24) is 16.3 Å². The Morgan fingerprint density at radius 3 is 1.65 bits per heavy atom. The molecule has 0 spiro atoms. The summed E-state index contributed by atoms with van der Waals surface area (Å²) in [6.45, 7) is 14.4. The Bertz CT molecular complexity index is 1410. The van der Waals surface area contributed by atoms with Crippen LogP contribution in [0.5, 0.6) is 23.0 Å². The molecule has 0 amide bonds. The van der Waals surface area contributed by atoms with Gasteiger partial charge in [0, 0.05) is 11.1 Å². The van der Waals surface area contributed by atoms with Crippen molar-refractivity contribution in [2.75, 3.05) is 28.4 Å². The smallest absolute Gasteiger partial charge is 0.161 e. The van der Waals surface area contributed by atoms with E-state index in [0.29, 0.717) is 46.1 Å². The Morgan fingerprint density at radius 1 is 0.750 bits per heavy atom. The van der Waals surface area contributed by atoms with Crippen LogP contribution in [-0.2, 0) is 12.8 Å². The summed E-state index contributed by atoms with van der Waals surface area (Å²) < 4.78 is 22.1. The molecule has 2 aliphatic heterocycles. The summed E-state index contributed by atoms with van der Waals surface area (Å²) in [5.41, 5.74) is 14.2. The molecular formula is C30H40N6O4. The zero-order chi connectivity index (χ0) is 29.2. The van der Waals surface area contributed by atoms with E-state index in [9.17, 15) is 0 Å². The predicted molar refractivity (Wildman–Crippen MR) is 159 cm³/mol. The number of nitrogens with zero attached hydrogens (tertiary/aromatic N) is 3. The lowest BCUT2D eigenvalue weighted by Gasteiger charge is -2.30. The van der Waals surface area contributed by atoms with Crippen molar-refractivity contribution in [2.45, 2.75) is 58.5 Å². The molecule has 0 fully saturated rings. The van der Waals surface area contributed by atoms with Crippen LogP contribution in [0.1, 0.15) is 56.9 Å². The molecule has 0 saturated heterocycles. The monoisotopic (exact) mass is 548 g/mol. The number of hydrazone groups is 1. The third-order valence-corrected chi connectivity index (χ3v) is 6.90. The first-order valence-electron chi connectivity index (χ1n) is 13.1. The van der Waals surface area contributed by atoms with Crippen LogP contribution in [-0.4, -0.2) is 56.9 Å². The molecule has 2 aliphatic rings. The number of rotatable bonds is 8. The van der Waals surface area contributed by atoms with Crippen molar-refractivity contribution in [1.29, 1.82) is 0 Å². The number of hydrogen-bond acceptors (Lipinski definition) is 10. The van der Waals surface area contributed by atoms with Gasteiger partial charge in [-0.25, -0.2) is 0 Å². The van der Waals surface area contributed by atoms with Gasteiger partial charge < -0.3 is 18.9 Å². The first kappa shape index (κ1) is 28.8. The van der Waals surface area contributed by atoms with E-state index in [2.05, 4.69) is 55.7 Å². The van der Waals surface area contributed by atoms with Crippen molar-refractivity contribution in [2.24, 2.45) is 15.1 Å². The second-order valence-electron chi connectivity index (χ2n) is 11.2. The second-order valence-corrected chi connectivity index (χ2v) is 11.2. The molecule has 10 nitrogen and oxygen atoms in total. The van der Waals surface area contributed by atoms with Crippen molar-refractivity contribution in [3.63, 3.8) is 0 Å². The standard InChI is InChI=1S/C30H40N6O4/c1-17(33-35-27-21-13-25(39-9)23(37-7)11-19(21)15-29(3,4)31-27)18(2)34-36-28-22-14-26(40-10)24(38-8)12-20(22)16-30(5,6)32-28/h11-14,33H,1,15-16H2,2-10H3,(H,31,35)(H,32,36). The van der Waals surface area contributed by atoms with Gasteiger partial charge in [0.1, 0.15) is 11.7 Å². The summed E-state index contributed by atoms with van der Waals surface area (Å²) in [4.78, 5) is 9.82. The van der Waals surface area contributed by atoms with E-state index in [0.717, 1.165) is 35.1 Å². The maximum absolute atomic E-state index is 5.52. The Balaban J connectivity index is 1.53. The molecule has 4 rings (SSSR count). The van der Waals surface area contributed by atoms with Crippen LogP contribution in [0.25, 0.3) is 0 Å². The Hall–Kier alpha value is -4.21. The molecule has 3 N–H and O–H groups in total. The minimum absolute atomic E-state index is 0.300. The number of allylic oxidation sites excluding steroid dienone is 1. The summed E-state index contributed by atoms with van der Waals surface area (Å²) in [6.07, 6.45) is 1.54. The largest absolute Gasteiger partial charge is 0.493 e. The van der Waals surface area contributed by atoms with E-state index >= 15 is 0 Å². The van der Waals surface area contributed by atoms with Gasteiger partial charge in [-0.3, -0.25) is 26.3 Å². The molecule has 0 saturated carbocycles. The maximum Gasteiger partial charge on any atom is 0.161 e. The number of hydrazine groups is 1. The Labute approximate surface area is 236 Å². The highest BCUT2D eigenvalue weighted by molar-refractivity contribution is 6.05. The van der Waals surface area contributed by atoms with Crippen LogP contribution in [0.4, 0.5) is 0 Å². The Morgan fingerprint density at radius 2 is 1.18 bits per heavy atom. The highest BCUT2D eigenvalue weighted by Gasteiger charge is 2.30. The fourth-order valence-electron chi connectivity index (χ4n) is 4.92. The highest BCUT2D eigenvalue weighted by atomic mass is 16.5. The summed E-state index contributed by atoms with van der Waals surface area (Å²) in [5, 5.41) is 4.58. The third kappa shape index (κ3) is 6.00. The lowest BCUT2D eigenvalue weighted by atomic mass is 9.88. The number of amidine groups is 2. The minimum atomic E-state index is -0.307. The molecule has 2 aromatic rings. The highest BCUT2D eigenvalue weighted by Crippen LogP contribution is 2.36. The molecule has 0 unspecified atom stereocenters. The molecule has 214 valence electrons. The fraction of sp³-hybridized carbons (Fsp3) is 0.433. The number of aliphatic imine (C=N–C) groups is 2. The number of nitrogens with one attached hydrogen (secondary N) is 3. The van der Waals surface area contributed by atoms with E-state index in [1.54, 1.807) is 28.4 Å². The molecule has 40 heavy (non-hydrogen) atoms. The third-order valence-electron chi connectivity index (χ3n) is 6.90. The summed E-state index contributed by atoms with van der Waals surface area (Å²) in [7, 11) is 6.52. The van der Waals surface area contributed by atoms with Gasteiger partial charge in [0.15, 0.2) is 23.0 Å². The van der Waals surface area contributed by atoms with Gasteiger partial charge in [-0.2, -0.15) is 5.10 Å². The van der Waals surface area contributed by atoms with E-state index in [4.69, 9.17) is 28.9 Å². The minimum Gasteiger partial charge on any atom is -0.493 e. The second kappa shape index (κ2) is 11.1. The average molecular weight is 549 g/mol. The topological polar surface area (TPSA) is 110 Å². The van der Waals surface area contributed by atoms with Gasteiger partial charge in [0.2, 0.25) is 0 Å². The molecule has 0 aromatic heterocycles. The molecular weight excluding hydrogens is 508 g/mol. The quantitative estimate of drug-likeness (QED) is 0.336. The van der Waals surface area contributed by atoms with E-state index in [1.165, 1.54) is 0 Å². The maximum atomic E-state index is 5.52. The van der Waals surface area contributed by atoms with Crippen LogP contribution >= 0.6 is 0 Å². The van der Waals surface area contributed by atoms with E-state index in [-0.39, 0.29) is 11.1 Å². The fourth-order valence-corrected chi connectivity index (χ4v) is 4.92. The SMILES string of the molecule is C=C(NNC1=NC(C)(C)Cc2cc(OC)c(OC)cc21)C(C)=NNC1=NC(C)(C)Cc2cc(OC)c(OC)cc21. The number of ether oxygens (including phenoxy) is 4. The molecule has 0 radical (unpaired) electrons. The first-order chi connectivity index (χ1) is 18.9. The Kier molecular flexibility index (Phi) is 8.00. The molecule has 2 heterocycles. The van der Waals surface area contributed by atoms with E-state index in [1.807, 2.05) is 31.2 Å². The van der Waals surface area contributed by atoms with Gasteiger partial charge in [-0.1, -0.05) is 6.58 Å². The van der Waals surface area contributed by atoms with Crippen LogP contribution in [0, 0.1) is 0 Å². The van der Waals surface area contributed by atoms with Crippen LogP contribution < -0.4 is 35.2 Å². The molecule has 10 heteroatoms. The summed E-state index contributed by atoms with van der Waals surface area (Å²) >= 11 is 0. The van der Waals surface area contributed by atoms with Gasteiger partial charge in [0.25, 0.3) is 0 Å². The van der Waals surface area contributed by atoms with Crippen LogP contribution in [0.3, 0.4) is 0 Å². The zero-order valence-corrected chi connectivity index (χ0v) is 24.9. The first-order valence-corrected chi connectivity index (χ1v) is 13.1. The lowest BCUT2D eigenvalue weighted by Crippen LogP contribution is -2.43. The lowest BCUT2D eigenvalue weighted by molar-refractivity contribution is 0.353. The van der Waals surface area contributed by atoms with Gasteiger partial charge in [-0.05, 0) is 82.9 Å². The van der Waals surface area contributed by atoms with Crippen molar-refractivity contribution in [3.05, 3.63) is 58.8 Å². The predicted octanol–water partition coefficient (Wildman–Crippen LogP) is 4.16. The summed E-state index contributed by atoms with van der Waals surface area (Å²) in [5.74, 6) is 3.99. The van der Waals surface area contributed by atoms with Gasteiger partial charge in [-0.15, -0.1) is 0 Å². The van der Waals surface area contributed by atoms with Crippen LogP contribution in [0.15, 0.2) is 51.6 Å². The molecule has 0 aliphatic carbocycles. The average Bonchev–Trinajstić information content (AvgIpc) is 2.91. The molecule has 0 atom stereocenters. The summed E-state index contributed by atoms with van der Waals surface area (Å²) in [6, 6.07) is 7.87. The zero-order valence-electron chi connectivity index (χ0n) is 24.9. The van der Waals surface area contributed by atoms with Crippen LogP contribution in [0.2, 0.25) is 0 Å². The number of benzene rings is 2. The number of fused-ring (bicyclic) bond motifs is 2. The van der Waals surface area contributed by atoms with Crippen molar-refractivity contribution >= 4 is 17.4 Å². The molecule has 2 aromatic carbocycles. The normalized spacial score (nSPS) is 16.9. The van der Waals surface area contributed by atoms with Crippen molar-refractivity contribution < 1.29 is 18.9 Å². The number of hydrogen-bond donors (Lipinski definition) is 3. The number of methoxy groups -OCH3 is 4.